The zero-order chi connectivity index (χ0) is 19.3. The number of rotatable bonds is 1. The molecule has 1 heterocycles. The summed E-state index contributed by atoms with van der Waals surface area (Å²) in [4.78, 5) is 30.6. The maximum atomic E-state index is 13.1. The highest BCUT2D eigenvalue weighted by atomic mass is 16.1. The SMILES string of the molecule is C[C@@H]1C(=O)C(C#N)=C[C@]2(C)c3nc(C4=CC=CCC4)n(C)c(=O)c3CC[C@@H]12. The van der Waals surface area contributed by atoms with Crippen LogP contribution in [0.25, 0.3) is 5.57 Å². The van der Waals surface area contributed by atoms with Crippen molar-refractivity contribution in [2.24, 2.45) is 18.9 Å². The zero-order valence-electron chi connectivity index (χ0n) is 16.0. The molecule has 0 bridgehead atoms. The minimum Gasteiger partial charge on any atom is -0.296 e. The van der Waals surface area contributed by atoms with Gasteiger partial charge in [0.25, 0.3) is 5.56 Å². The van der Waals surface area contributed by atoms with Crippen molar-refractivity contribution in [3.63, 3.8) is 0 Å². The van der Waals surface area contributed by atoms with Crippen LogP contribution in [0.3, 0.4) is 0 Å². The van der Waals surface area contributed by atoms with Crippen molar-refractivity contribution in [2.45, 2.75) is 44.9 Å². The fraction of sp³-hybridized carbons (Fsp3) is 0.455. The number of allylic oxidation sites excluding steroid dienone is 6. The number of carbonyl (C=O) groups excluding carboxylic acids is 1. The average Bonchev–Trinajstić information content (AvgIpc) is 2.68. The third-order valence-electron chi connectivity index (χ3n) is 6.52. The summed E-state index contributed by atoms with van der Waals surface area (Å²) >= 11 is 0. The Hall–Kier alpha value is -2.74. The van der Waals surface area contributed by atoms with Gasteiger partial charge in [0.1, 0.15) is 11.9 Å². The Labute approximate surface area is 158 Å². The Kier molecular flexibility index (Phi) is 4.03. The minimum atomic E-state index is -0.570. The predicted octanol–water partition coefficient (Wildman–Crippen LogP) is 3.00. The summed E-state index contributed by atoms with van der Waals surface area (Å²) in [6, 6.07) is 2.06. The van der Waals surface area contributed by atoms with Crippen LogP contribution in [0.5, 0.6) is 0 Å². The molecule has 3 aliphatic carbocycles. The molecule has 0 fully saturated rings. The highest BCUT2D eigenvalue weighted by Crippen LogP contribution is 2.48. The molecule has 0 saturated heterocycles. The Morgan fingerprint density at radius 3 is 2.78 bits per heavy atom. The number of hydrogen-bond acceptors (Lipinski definition) is 4. The molecule has 0 aliphatic heterocycles. The van der Waals surface area contributed by atoms with Crippen LogP contribution in [-0.2, 0) is 23.7 Å². The number of ketones is 1. The third kappa shape index (κ3) is 2.47. The number of carbonyl (C=O) groups is 1. The van der Waals surface area contributed by atoms with Gasteiger partial charge in [0.05, 0.1) is 11.3 Å². The van der Waals surface area contributed by atoms with E-state index in [1.165, 1.54) is 0 Å². The van der Waals surface area contributed by atoms with Gasteiger partial charge in [0.15, 0.2) is 5.78 Å². The number of nitrogens with zero attached hydrogens (tertiary/aromatic N) is 3. The highest BCUT2D eigenvalue weighted by Gasteiger charge is 2.49. The first kappa shape index (κ1) is 17.7. The molecule has 0 spiro atoms. The summed E-state index contributed by atoms with van der Waals surface area (Å²) in [5.41, 5.74) is 2.13. The van der Waals surface area contributed by atoms with Crippen LogP contribution in [0.15, 0.2) is 34.7 Å². The first-order chi connectivity index (χ1) is 12.9. The van der Waals surface area contributed by atoms with Crippen molar-refractivity contribution in [1.82, 2.24) is 9.55 Å². The van der Waals surface area contributed by atoms with E-state index in [4.69, 9.17) is 4.98 Å². The van der Waals surface area contributed by atoms with Crippen molar-refractivity contribution in [1.29, 1.82) is 5.26 Å². The molecule has 1 aromatic rings. The van der Waals surface area contributed by atoms with E-state index in [1.54, 1.807) is 17.7 Å². The van der Waals surface area contributed by atoms with Crippen molar-refractivity contribution < 1.29 is 4.79 Å². The molecule has 138 valence electrons. The molecule has 1 aromatic heterocycles. The van der Waals surface area contributed by atoms with Gasteiger partial charge in [0.2, 0.25) is 0 Å². The number of aromatic nitrogens is 2. The Morgan fingerprint density at radius 2 is 2.11 bits per heavy atom. The molecule has 0 amide bonds. The fourth-order valence-electron chi connectivity index (χ4n) is 5.00. The quantitative estimate of drug-likeness (QED) is 0.770. The number of Topliss-reactive ketones (excluding diaryl/α,β-unsaturated/α-hetero) is 1. The average molecular weight is 361 g/mol. The smallest absolute Gasteiger partial charge is 0.256 e. The van der Waals surface area contributed by atoms with E-state index >= 15 is 0 Å². The maximum absolute atomic E-state index is 13.1. The summed E-state index contributed by atoms with van der Waals surface area (Å²) in [7, 11) is 1.78. The van der Waals surface area contributed by atoms with E-state index in [0.717, 1.165) is 36.1 Å². The molecule has 0 aromatic carbocycles. The lowest BCUT2D eigenvalue weighted by Gasteiger charge is -2.45. The number of fused-ring (bicyclic) bond motifs is 3. The molecular weight excluding hydrogens is 338 g/mol. The van der Waals surface area contributed by atoms with Crippen LogP contribution < -0.4 is 5.56 Å². The van der Waals surface area contributed by atoms with Gasteiger partial charge in [-0.1, -0.05) is 38.2 Å². The Bertz CT molecular complexity index is 1030. The van der Waals surface area contributed by atoms with Gasteiger partial charge in [-0.15, -0.1) is 0 Å². The van der Waals surface area contributed by atoms with Crippen LogP contribution in [0.4, 0.5) is 0 Å². The van der Waals surface area contributed by atoms with E-state index in [-0.39, 0.29) is 28.8 Å². The predicted molar refractivity (Wildman–Crippen MR) is 103 cm³/mol. The van der Waals surface area contributed by atoms with E-state index in [9.17, 15) is 14.9 Å². The van der Waals surface area contributed by atoms with Gasteiger partial charge in [-0.3, -0.25) is 14.2 Å². The van der Waals surface area contributed by atoms with Crippen LogP contribution in [0.1, 0.15) is 50.2 Å². The molecular formula is C22H23N3O2. The molecule has 5 heteroatoms. The normalized spacial score (nSPS) is 29.3. The minimum absolute atomic E-state index is 0.0124. The second-order valence-corrected chi connectivity index (χ2v) is 8.04. The monoisotopic (exact) mass is 361 g/mol. The lowest BCUT2D eigenvalue weighted by Crippen LogP contribution is -2.48. The van der Waals surface area contributed by atoms with E-state index in [1.807, 2.05) is 26.0 Å². The summed E-state index contributed by atoms with van der Waals surface area (Å²) in [6.07, 6.45) is 11.1. The second kappa shape index (κ2) is 6.16. The van der Waals surface area contributed by atoms with Gasteiger partial charge < -0.3 is 0 Å². The molecule has 27 heavy (non-hydrogen) atoms. The van der Waals surface area contributed by atoms with E-state index in [2.05, 4.69) is 12.1 Å². The van der Waals surface area contributed by atoms with Crippen LogP contribution in [0, 0.1) is 23.2 Å². The molecule has 0 saturated carbocycles. The third-order valence-corrected chi connectivity index (χ3v) is 6.52. The maximum Gasteiger partial charge on any atom is 0.256 e. The second-order valence-electron chi connectivity index (χ2n) is 8.04. The summed E-state index contributed by atoms with van der Waals surface area (Å²) in [5.74, 6) is 0.422. The van der Waals surface area contributed by atoms with Crippen LogP contribution in [0.2, 0.25) is 0 Å². The van der Waals surface area contributed by atoms with Crippen LogP contribution in [-0.4, -0.2) is 15.3 Å². The molecule has 4 rings (SSSR count). The topological polar surface area (TPSA) is 75.8 Å². The van der Waals surface area contributed by atoms with Crippen molar-refractivity contribution in [3.05, 3.63) is 57.3 Å². The first-order valence-corrected chi connectivity index (χ1v) is 9.52. The Balaban J connectivity index is 1.98. The zero-order valence-corrected chi connectivity index (χ0v) is 16.0. The van der Waals surface area contributed by atoms with E-state index < -0.39 is 5.41 Å². The van der Waals surface area contributed by atoms with Crippen molar-refractivity contribution in [3.8, 4) is 6.07 Å². The summed E-state index contributed by atoms with van der Waals surface area (Å²) in [6.45, 7) is 3.93. The highest BCUT2D eigenvalue weighted by molar-refractivity contribution is 6.02. The molecule has 3 aliphatic rings. The van der Waals surface area contributed by atoms with Gasteiger partial charge in [-0.05, 0) is 37.2 Å². The van der Waals surface area contributed by atoms with Gasteiger partial charge in [-0.25, -0.2) is 4.98 Å². The van der Waals surface area contributed by atoms with Crippen molar-refractivity contribution >= 4 is 11.4 Å². The van der Waals surface area contributed by atoms with E-state index in [0.29, 0.717) is 12.2 Å². The molecule has 0 N–H and O–H groups in total. The Morgan fingerprint density at radius 1 is 1.33 bits per heavy atom. The van der Waals surface area contributed by atoms with Gasteiger partial charge >= 0.3 is 0 Å². The summed E-state index contributed by atoms with van der Waals surface area (Å²) < 4.78 is 1.65. The fourth-order valence-corrected chi connectivity index (χ4v) is 5.00. The number of hydrogen-bond donors (Lipinski definition) is 0. The molecule has 5 nitrogen and oxygen atoms in total. The van der Waals surface area contributed by atoms with Gasteiger partial charge in [0, 0.05) is 23.9 Å². The lowest BCUT2D eigenvalue weighted by atomic mass is 9.58. The first-order valence-electron chi connectivity index (χ1n) is 9.52. The lowest BCUT2D eigenvalue weighted by molar-refractivity contribution is -0.121. The molecule has 3 atom stereocenters. The molecule has 0 unspecified atom stereocenters. The number of nitriles is 1. The molecule has 0 radical (unpaired) electrons. The summed E-state index contributed by atoms with van der Waals surface area (Å²) in [5, 5.41) is 9.45. The van der Waals surface area contributed by atoms with Crippen LogP contribution >= 0.6 is 0 Å². The largest absolute Gasteiger partial charge is 0.296 e. The standard InChI is InChI=1S/C22H23N3O2/c1-13-17-10-9-16-19(22(17,2)11-15(12-23)18(13)26)24-20(25(3)21(16)27)14-7-5-4-6-8-14/h4-5,7,11,13,17H,6,8-10H2,1-3H3/t13-,17-,22-/m0/s1. The van der Waals surface area contributed by atoms with Gasteiger partial charge in [-0.2, -0.15) is 5.26 Å². The van der Waals surface area contributed by atoms with Crippen molar-refractivity contribution in [2.75, 3.05) is 0 Å².